The summed E-state index contributed by atoms with van der Waals surface area (Å²) >= 11 is 0. The largest absolute Gasteiger partial charge is 0.355 e. The lowest BCUT2D eigenvalue weighted by molar-refractivity contribution is 0.440. The Hall–Kier alpha value is -1.16. The van der Waals surface area contributed by atoms with Crippen LogP contribution in [0.5, 0.6) is 0 Å². The predicted octanol–water partition coefficient (Wildman–Crippen LogP) is 1.28. The molecule has 16 heavy (non-hydrogen) atoms. The quantitative estimate of drug-likeness (QED) is 0.815. The SMILES string of the molecule is CNC1CCN(c2cnc(C)c(C)n2)CC1. The monoisotopic (exact) mass is 220 g/mol. The van der Waals surface area contributed by atoms with Gasteiger partial charge in [-0.25, -0.2) is 4.98 Å². The molecule has 1 N–H and O–H groups in total. The summed E-state index contributed by atoms with van der Waals surface area (Å²) in [4.78, 5) is 11.3. The zero-order valence-electron chi connectivity index (χ0n) is 10.3. The van der Waals surface area contributed by atoms with Gasteiger partial charge >= 0.3 is 0 Å². The van der Waals surface area contributed by atoms with Gasteiger partial charge in [0.05, 0.1) is 17.6 Å². The fraction of sp³-hybridized carbons (Fsp3) is 0.667. The number of piperidine rings is 1. The highest BCUT2D eigenvalue weighted by atomic mass is 15.2. The first-order chi connectivity index (χ1) is 7.70. The molecular formula is C12H20N4. The van der Waals surface area contributed by atoms with Crippen LogP contribution in [0.15, 0.2) is 6.20 Å². The minimum Gasteiger partial charge on any atom is -0.355 e. The number of nitrogens with one attached hydrogen (secondary N) is 1. The maximum absolute atomic E-state index is 4.59. The Balaban J connectivity index is 2.05. The molecule has 1 aliphatic rings. The Labute approximate surface area is 97.1 Å². The van der Waals surface area contributed by atoms with Gasteiger partial charge in [-0.2, -0.15) is 0 Å². The molecule has 0 radical (unpaired) electrons. The highest BCUT2D eigenvalue weighted by molar-refractivity contribution is 5.38. The Morgan fingerprint density at radius 1 is 1.25 bits per heavy atom. The number of hydrogen-bond donors (Lipinski definition) is 1. The minimum atomic E-state index is 0.663. The summed E-state index contributed by atoms with van der Waals surface area (Å²) in [6, 6.07) is 0.663. The number of rotatable bonds is 2. The van der Waals surface area contributed by atoms with Crippen LogP contribution in [0.4, 0.5) is 5.82 Å². The fourth-order valence-corrected chi connectivity index (χ4v) is 2.08. The van der Waals surface area contributed by atoms with Crippen LogP contribution in [0.2, 0.25) is 0 Å². The van der Waals surface area contributed by atoms with Crippen molar-refractivity contribution in [1.82, 2.24) is 15.3 Å². The molecule has 0 spiro atoms. The Morgan fingerprint density at radius 2 is 1.94 bits per heavy atom. The predicted molar refractivity (Wildman–Crippen MR) is 65.8 cm³/mol. The molecule has 2 heterocycles. The van der Waals surface area contributed by atoms with Gasteiger partial charge in [0.1, 0.15) is 5.82 Å². The third kappa shape index (κ3) is 2.32. The van der Waals surface area contributed by atoms with Crippen LogP contribution in [-0.2, 0) is 0 Å². The maximum Gasteiger partial charge on any atom is 0.147 e. The van der Waals surface area contributed by atoms with Crippen molar-refractivity contribution in [3.05, 3.63) is 17.6 Å². The van der Waals surface area contributed by atoms with E-state index in [-0.39, 0.29) is 0 Å². The van der Waals surface area contributed by atoms with Crippen LogP contribution in [-0.4, -0.2) is 36.1 Å². The summed E-state index contributed by atoms with van der Waals surface area (Å²) in [6.45, 7) is 6.16. The normalized spacial score (nSPS) is 17.8. The van der Waals surface area contributed by atoms with Crippen LogP contribution in [0, 0.1) is 13.8 Å². The first kappa shape index (κ1) is 11.3. The van der Waals surface area contributed by atoms with Crippen molar-refractivity contribution in [3.8, 4) is 0 Å². The van der Waals surface area contributed by atoms with E-state index in [4.69, 9.17) is 0 Å². The van der Waals surface area contributed by atoms with Gasteiger partial charge in [0.2, 0.25) is 0 Å². The lowest BCUT2D eigenvalue weighted by Gasteiger charge is -2.32. The summed E-state index contributed by atoms with van der Waals surface area (Å²) in [7, 11) is 2.04. The highest BCUT2D eigenvalue weighted by Gasteiger charge is 2.19. The number of aromatic nitrogens is 2. The van der Waals surface area contributed by atoms with E-state index in [0.717, 1.165) is 30.3 Å². The van der Waals surface area contributed by atoms with Crippen LogP contribution in [0.1, 0.15) is 24.2 Å². The van der Waals surface area contributed by atoms with E-state index in [1.54, 1.807) is 0 Å². The Kier molecular flexibility index (Phi) is 3.39. The van der Waals surface area contributed by atoms with Crippen molar-refractivity contribution in [3.63, 3.8) is 0 Å². The Morgan fingerprint density at radius 3 is 2.50 bits per heavy atom. The zero-order chi connectivity index (χ0) is 11.5. The van der Waals surface area contributed by atoms with Gasteiger partial charge in [-0.15, -0.1) is 0 Å². The molecule has 1 saturated heterocycles. The van der Waals surface area contributed by atoms with E-state index < -0.39 is 0 Å². The molecule has 1 aliphatic heterocycles. The van der Waals surface area contributed by atoms with Crippen molar-refractivity contribution in [2.45, 2.75) is 32.7 Å². The first-order valence-electron chi connectivity index (χ1n) is 5.93. The second-order valence-corrected chi connectivity index (χ2v) is 4.45. The maximum atomic E-state index is 4.59. The molecule has 4 nitrogen and oxygen atoms in total. The van der Waals surface area contributed by atoms with Crippen molar-refractivity contribution < 1.29 is 0 Å². The second-order valence-electron chi connectivity index (χ2n) is 4.45. The number of hydrogen-bond acceptors (Lipinski definition) is 4. The van der Waals surface area contributed by atoms with Gasteiger partial charge in [-0.05, 0) is 33.7 Å². The van der Waals surface area contributed by atoms with Gasteiger partial charge in [0.25, 0.3) is 0 Å². The van der Waals surface area contributed by atoms with Gasteiger partial charge in [0, 0.05) is 19.1 Å². The number of nitrogens with zero attached hydrogens (tertiary/aromatic N) is 3. The second kappa shape index (κ2) is 4.78. The minimum absolute atomic E-state index is 0.663. The average Bonchev–Trinajstić information content (AvgIpc) is 2.33. The van der Waals surface area contributed by atoms with E-state index in [1.165, 1.54) is 12.8 Å². The molecule has 88 valence electrons. The van der Waals surface area contributed by atoms with Gasteiger partial charge < -0.3 is 10.2 Å². The molecule has 2 rings (SSSR count). The lowest BCUT2D eigenvalue weighted by Crippen LogP contribution is -2.41. The van der Waals surface area contributed by atoms with Crippen molar-refractivity contribution >= 4 is 5.82 Å². The molecular weight excluding hydrogens is 200 g/mol. The molecule has 0 amide bonds. The van der Waals surface area contributed by atoms with E-state index in [0.29, 0.717) is 6.04 Å². The van der Waals surface area contributed by atoms with E-state index in [1.807, 2.05) is 27.1 Å². The van der Waals surface area contributed by atoms with Crippen LogP contribution in [0.3, 0.4) is 0 Å². The fourth-order valence-electron chi connectivity index (χ4n) is 2.08. The molecule has 1 aromatic rings. The van der Waals surface area contributed by atoms with Crippen LogP contribution < -0.4 is 10.2 Å². The highest BCUT2D eigenvalue weighted by Crippen LogP contribution is 2.17. The zero-order valence-corrected chi connectivity index (χ0v) is 10.3. The molecule has 1 fully saturated rings. The topological polar surface area (TPSA) is 41.0 Å². The van der Waals surface area contributed by atoms with Gasteiger partial charge in [-0.3, -0.25) is 4.98 Å². The standard InChI is InChI=1S/C12H20N4/c1-9-10(2)15-12(8-14-9)16-6-4-11(13-3)5-7-16/h8,11,13H,4-7H2,1-3H3. The molecule has 0 saturated carbocycles. The summed E-state index contributed by atoms with van der Waals surface area (Å²) in [5, 5.41) is 3.33. The van der Waals surface area contributed by atoms with E-state index in [9.17, 15) is 0 Å². The molecule has 0 bridgehead atoms. The van der Waals surface area contributed by atoms with Crippen LogP contribution >= 0.6 is 0 Å². The smallest absolute Gasteiger partial charge is 0.147 e. The molecule has 0 aromatic carbocycles. The summed E-state index contributed by atoms with van der Waals surface area (Å²) in [5.41, 5.74) is 2.06. The molecule has 0 unspecified atom stereocenters. The molecule has 0 aliphatic carbocycles. The van der Waals surface area contributed by atoms with Gasteiger partial charge in [0.15, 0.2) is 0 Å². The number of aryl methyl sites for hydroxylation is 2. The summed E-state index contributed by atoms with van der Waals surface area (Å²) in [6.07, 6.45) is 4.26. The third-order valence-corrected chi connectivity index (χ3v) is 3.41. The summed E-state index contributed by atoms with van der Waals surface area (Å²) in [5.74, 6) is 1.03. The van der Waals surface area contributed by atoms with Crippen LogP contribution in [0.25, 0.3) is 0 Å². The third-order valence-electron chi connectivity index (χ3n) is 3.41. The van der Waals surface area contributed by atoms with Gasteiger partial charge in [-0.1, -0.05) is 0 Å². The van der Waals surface area contributed by atoms with E-state index >= 15 is 0 Å². The molecule has 4 heteroatoms. The molecule has 1 aromatic heterocycles. The number of anilines is 1. The van der Waals surface area contributed by atoms with E-state index in [2.05, 4.69) is 20.2 Å². The van der Waals surface area contributed by atoms with Crippen molar-refractivity contribution in [1.29, 1.82) is 0 Å². The van der Waals surface area contributed by atoms with Crippen molar-refractivity contribution in [2.24, 2.45) is 0 Å². The van der Waals surface area contributed by atoms with Crippen molar-refractivity contribution in [2.75, 3.05) is 25.0 Å². The first-order valence-corrected chi connectivity index (χ1v) is 5.93. The lowest BCUT2D eigenvalue weighted by atomic mass is 10.1. The summed E-state index contributed by atoms with van der Waals surface area (Å²) < 4.78 is 0. The average molecular weight is 220 g/mol. The Bertz CT molecular complexity index is 356. The molecule has 0 atom stereocenters.